The van der Waals surface area contributed by atoms with Crippen molar-refractivity contribution in [3.8, 4) is 10.7 Å². The molecule has 0 aromatic carbocycles. The molecule has 0 bridgehead atoms. The highest BCUT2D eigenvalue weighted by Crippen LogP contribution is 2.35. The fraction of sp³-hybridized carbons (Fsp3) is 0.500. The van der Waals surface area contributed by atoms with Gasteiger partial charge in [0.1, 0.15) is 5.82 Å². The summed E-state index contributed by atoms with van der Waals surface area (Å²) in [5, 5.41) is 7.31. The second-order valence-electron chi connectivity index (χ2n) is 4.27. The lowest BCUT2D eigenvalue weighted by Crippen LogP contribution is -1.84. The molecule has 0 radical (unpaired) electrons. The van der Waals surface area contributed by atoms with E-state index in [0.29, 0.717) is 0 Å². The molecule has 16 heavy (non-hydrogen) atoms. The summed E-state index contributed by atoms with van der Waals surface area (Å²) in [6.45, 7) is 2.15. The Morgan fingerprint density at radius 3 is 3.19 bits per heavy atom. The van der Waals surface area contributed by atoms with Crippen LogP contribution >= 0.6 is 11.3 Å². The number of aromatic amines is 1. The number of hydrogen-bond donors (Lipinski definition) is 1. The zero-order valence-electron chi connectivity index (χ0n) is 9.42. The Labute approximate surface area is 98.9 Å². The van der Waals surface area contributed by atoms with E-state index < -0.39 is 0 Å². The summed E-state index contributed by atoms with van der Waals surface area (Å²) in [7, 11) is 0. The largest absolute Gasteiger partial charge is 0.263 e. The maximum atomic E-state index is 4.53. The first-order valence-electron chi connectivity index (χ1n) is 5.90. The Kier molecular flexibility index (Phi) is 2.52. The van der Waals surface area contributed by atoms with Gasteiger partial charge in [-0.25, -0.2) is 4.98 Å². The van der Waals surface area contributed by atoms with Crippen LogP contribution in [0.1, 0.15) is 36.0 Å². The van der Waals surface area contributed by atoms with Crippen LogP contribution in [0.4, 0.5) is 0 Å². The molecule has 2 aromatic heterocycles. The zero-order valence-corrected chi connectivity index (χ0v) is 10.2. The number of fused-ring (bicyclic) bond motifs is 1. The van der Waals surface area contributed by atoms with Crippen LogP contribution in [0.5, 0.6) is 0 Å². The smallest absolute Gasteiger partial charge is 0.191 e. The molecule has 1 N–H and O–H groups in total. The number of nitrogens with one attached hydrogen (secondary N) is 1. The van der Waals surface area contributed by atoms with Gasteiger partial charge in [-0.05, 0) is 37.3 Å². The molecule has 0 aliphatic heterocycles. The first-order chi connectivity index (χ1) is 7.86. The highest BCUT2D eigenvalue weighted by atomic mass is 32.1. The van der Waals surface area contributed by atoms with E-state index in [0.717, 1.165) is 24.5 Å². The summed E-state index contributed by atoms with van der Waals surface area (Å²) in [4.78, 5) is 7.29. The second-order valence-corrected chi connectivity index (χ2v) is 5.41. The molecule has 1 aliphatic rings. The predicted octanol–water partition coefficient (Wildman–Crippen LogP) is 2.97. The molecule has 4 heteroatoms. The molecular weight excluding hydrogens is 218 g/mol. The van der Waals surface area contributed by atoms with Crippen molar-refractivity contribution in [2.75, 3.05) is 0 Å². The molecular formula is C12H15N3S. The summed E-state index contributed by atoms with van der Waals surface area (Å²) in [5.74, 6) is 1.88. The minimum Gasteiger partial charge on any atom is -0.263 e. The van der Waals surface area contributed by atoms with E-state index >= 15 is 0 Å². The van der Waals surface area contributed by atoms with E-state index in [1.807, 2.05) is 11.3 Å². The van der Waals surface area contributed by atoms with Gasteiger partial charge in [0.15, 0.2) is 5.82 Å². The third-order valence-electron chi connectivity index (χ3n) is 2.99. The molecule has 0 unspecified atom stereocenters. The Hall–Kier alpha value is -1.16. The molecule has 0 fully saturated rings. The van der Waals surface area contributed by atoms with Crippen molar-refractivity contribution in [1.29, 1.82) is 0 Å². The van der Waals surface area contributed by atoms with Gasteiger partial charge in [0.25, 0.3) is 0 Å². The van der Waals surface area contributed by atoms with Gasteiger partial charge >= 0.3 is 0 Å². The van der Waals surface area contributed by atoms with Gasteiger partial charge in [0.2, 0.25) is 0 Å². The first-order valence-corrected chi connectivity index (χ1v) is 6.71. The Morgan fingerprint density at radius 2 is 2.38 bits per heavy atom. The zero-order chi connectivity index (χ0) is 11.0. The van der Waals surface area contributed by atoms with Crippen molar-refractivity contribution in [2.24, 2.45) is 0 Å². The number of thiophene rings is 1. The third-order valence-corrected chi connectivity index (χ3v) is 4.22. The number of aryl methyl sites for hydroxylation is 3. The van der Waals surface area contributed by atoms with Crippen LogP contribution in [0.25, 0.3) is 10.7 Å². The molecule has 0 atom stereocenters. The van der Waals surface area contributed by atoms with Gasteiger partial charge in [-0.2, -0.15) is 5.10 Å². The Morgan fingerprint density at radius 1 is 1.44 bits per heavy atom. The summed E-state index contributed by atoms with van der Waals surface area (Å²) in [6.07, 6.45) is 5.88. The lowest BCUT2D eigenvalue weighted by Gasteiger charge is -1.88. The fourth-order valence-corrected chi connectivity index (χ4v) is 3.38. The molecule has 84 valence electrons. The molecule has 0 amide bonds. The molecule has 2 heterocycles. The molecule has 0 saturated heterocycles. The quantitative estimate of drug-likeness (QED) is 0.885. The number of rotatable bonds is 3. The summed E-state index contributed by atoms with van der Waals surface area (Å²) in [5.41, 5.74) is 1.52. The molecule has 2 aromatic rings. The number of hydrogen-bond acceptors (Lipinski definition) is 3. The monoisotopic (exact) mass is 233 g/mol. The van der Waals surface area contributed by atoms with Crippen molar-refractivity contribution in [2.45, 2.75) is 39.0 Å². The van der Waals surface area contributed by atoms with Crippen LogP contribution in [0.3, 0.4) is 0 Å². The van der Waals surface area contributed by atoms with E-state index in [1.165, 1.54) is 34.6 Å². The van der Waals surface area contributed by atoms with E-state index in [9.17, 15) is 0 Å². The SMILES string of the molecule is CCCc1nc(-c2cc3c(s2)CCC3)n[nH]1. The maximum Gasteiger partial charge on any atom is 0.191 e. The minimum atomic E-state index is 0.878. The van der Waals surface area contributed by atoms with Gasteiger partial charge in [-0.3, -0.25) is 5.10 Å². The van der Waals surface area contributed by atoms with Crippen molar-refractivity contribution < 1.29 is 0 Å². The first kappa shape index (κ1) is 10.0. The highest BCUT2D eigenvalue weighted by molar-refractivity contribution is 7.15. The molecule has 0 saturated carbocycles. The van der Waals surface area contributed by atoms with Crippen LogP contribution in [-0.4, -0.2) is 15.2 Å². The van der Waals surface area contributed by atoms with Crippen molar-refractivity contribution in [1.82, 2.24) is 15.2 Å². The van der Waals surface area contributed by atoms with E-state index in [1.54, 1.807) is 0 Å². The van der Waals surface area contributed by atoms with E-state index in [-0.39, 0.29) is 0 Å². The summed E-state index contributed by atoms with van der Waals surface area (Å²) >= 11 is 1.86. The lowest BCUT2D eigenvalue weighted by molar-refractivity contribution is 0.841. The fourth-order valence-electron chi connectivity index (χ4n) is 2.19. The Bertz CT molecular complexity index is 477. The van der Waals surface area contributed by atoms with Gasteiger partial charge in [0, 0.05) is 11.3 Å². The average molecular weight is 233 g/mol. The minimum absolute atomic E-state index is 0.878. The van der Waals surface area contributed by atoms with Gasteiger partial charge in [0.05, 0.1) is 4.88 Å². The molecule has 0 spiro atoms. The molecule has 3 nitrogen and oxygen atoms in total. The van der Waals surface area contributed by atoms with Crippen LogP contribution in [-0.2, 0) is 19.3 Å². The van der Waals surface area contributed by atoms with Crippen LogP contribution in [0.15, 0.2) is 6.07 Å². The van der Waals surface area contributed by atoms with Gasteiger partial charge in [-0.1, -0.05) is 6.92 Å². The van der Waals surface area contributed by atoms with Crippen LogP contribution in [0, 0.1) is 0 Å². The highest BCUT2D eigenvalue weighted by Gasteiger charge is 2.17. The number of H-pyrrole nitrogens is 1. The van der Waals surface area contributed by atoms with Crippen LogP contribution < -0.4 is 0 Å². The average Bonchev–Trinajstić information content (AvgIpc) is 2.88. The maximum absolute atomic E-state index is 4.53. The van der Waals surface area contributed by atoms with E-state index in [4.69, 9.17) is 0 Å². The molecule has 1 aliphatic carbocycles. The van der Waals surface area contributed by atoms with Gasteiger partial charge < -0.3 is 0 Å². The van der Waals surface area contributed by atoms with Crippen LogP contribution in [0.2, 0.25) is 0 Å². The number of nitrogens with zero attached hydrogens (tertiary/aromatic N) is 2. The van der Waals surface area contributed by atoms with E-state index in [2.05, 4.69) is 28.2 Å². The number of aromatic nitrogens is 3. The Balaban J connectivity index is 1.89. The third kappa shape index (κ3) is 1.67. The van der Waals surface area contributed by atoms with Crippen molar-refractivity contribution in [3.63, 3.8) is 0 Å². The van der Waals surface area contributed by atoms with Crippen molar-refractivity contribution >= 4 is 11.3 Å². The normalized spacial score (nSPS) is 14.3. The second kappa shape index (κ2) is 4.01. The summed E-state index contributed by atoms with van der Waals surface area (Å²) in [6, 6.07) is 2.27. The van der Waals surface area contributed by atoms with Gasteiger partial charge in [-0.15, -0.1) is 11.3 Å². The standard InChI is InChI=1S/C12H15N3S/c1-2-4-11-13-12(15-14-11)10-7-8-5-3-6-9(8)16-10/h7H,2-6H2,1H3,(H,13,14,15). The topological polar surface area (TPSA) is 41.6 Å². The van der Waals surface area contributed by atoms with Crippen molar-refractivity contribution in [3.05, 3.63) is 22.3 Å². The summed E-state index contributed by atoms with van der Waals surface area (Å²) < 4.78 is 0. The molecule has 3 rings (SSSR count). The predicted molar refractivity (Wildman–Crippen MR) is 65.7 cm³/mol. The lowest BCUT2D eigenvalue weighted by atomic mass is 10.2.